The molecule has 0 bridgehead atoms. The second-order valence-electron chi connectivity index (χ2n) is 6.33. The molecule has 0 saturated heterocycles. The van der Waals surface area contributed by atoms with E-state index in [1.165, 1.54) is 11.7 Å². The fourth-order valence-electron chi connectivity index (χ4n) is 3.42. The molecule has 6 heteroatoms. The lowest BCUT2D eigenvalue weighted by atomic mass is 10.1. The van der Waals surface area contributed by atoms with Crippen LogP contribution < -0.4 is 5.32 Å². The molecule has 0 aliphatic heterocycles. The number of carbonyl (C=O) groups is 1. The standard InChI is InChI=1S/C20H20N4O2/c1-3-24-17-7-5-4-6-15(17)16-10-14(8-9-18(16)24)22-20(26)19(25)13-11-21-23(2)12-13/h4-12,19,25H,3H2,1-2H3,(H,22,26). The summed E-state index contributed by atoms with van der Waals surface area (Å²) in [5.41, 5.74) is 3.42. The SMILES string of the molecule is CCn1c2ccccc2c2cc(NC(=O)C(O)c3cnn(C)c3)ccc21. The molecule has 1 atom stereocenters. The molecule has 4 aromatic rings. The zero-order chi connectivity index (χ0) is 18.3. The minimum atomic E-state index is -1.25. The Labute approximate surface area is 150 Å². The van der Waals surface area contributed by atoms with E-state index in [1.54, 1.807) is 17.9 Å². The van der Waals surface area contributed by atoms with Crippen molar-refractivity contribution < 1.29 is 9.90 Å². The lowest BCUT2D eigenvalue weighted by Crippen LogP contribution is -2.20. The van der Waals surface area contributed by atoms with E-state index in [-0.39, 0.29) is 0 Å². The van der Waals surface area contributed by atoms with Gasteiger partial charge in [-0.15, -0.1) is 0 Å². The highest BCUT2D eigenvalue weighted by molar-refractivity contribution is 6.10. The van der Waals surface area contributed by atoms with Crippen molar-refractivity contribution in [2.75, 3.05) is 5.32 Å². The molecule has 2 aromatic carbocycles. The molecular formula is C20H20N4O2. The molecule has 2 N–H and O–H groups in total. The topological polar surface area (TPSA) is 72.1 Å². The third-order valence-corrected chi connectivity index (χ3v) is 4.65. The molecule has 26 heavy (non-hydrogen) atoms. The fourth-order valence-corrected chi connectivity index (χ4v) is 3.42. The number of para-hydroxylation sites is 1. The van der Waals surface area contributed by atoms with E-state index in [1.807, 2.05) is 30.3 Å². The van der Waals surface area contributed by atoms with Gasteiger partial charge >= 0.3 is 0 Å². The van der Waals surface area contributed by atoms with Gasteiger partial charge in [0.05, 0.1) is 6.20 Å². The Hall–Kier alpha value is -3.12. The average Bonchev–Trinajstić information content (AvgIpc) is 3.22. The van der Waals surface area contributed by atoms with Crippen LogP contribution in [0.4, 0.5) is 5.69 Å². The summed E-state index contributed by atoms with van der Waals surface area (Å²) in [4.78, 5) is 12.4. The van der Waals surface area contributed by atoms with Crippen LogP contribution in [0.25, 0.3) is 21.8 Å². The molecule has 0 fully saturated rings. The van der Waals surface area contributed by atoms with Crippen molar-refractivity contribution in [3.8, 4) is 0 Å². The Bertz CT molecular complexity index is 1110. The number of fused-ring (bicyclic) bond motifs is 3. The second-order valence-corrected chi connectivity index (χ2v) is 6.33. The van der Waals surface area contributed by atoms with Crippen molar-refractivity contribution in [1.82, 2.24) is 14.3 Å². The average molecular weight is 348 g/mol. The molecule has 0 aliphatic carbocycles. The van der Waals surface area contributed by atoms with Gasteiger partial charge in [0, 0.05) is 52.8 Å². The minimum absolute atomic E-state index is 0.466. The van der Waals surface area contributed by atoms with Gasteiger partial charge in [-0.25, -0.2) is 0 Å². The number of nitrogens with one attached hydrogen (secondary N) is 1. The molecule has 0 saturated carbocycles. The van der Waals surface area contributed by atoms with E-state index < -0.39 is 12.0 Å². The van der Waals surface area contributed by atoms with Crippen LogP contribution in [0.3, 0.4) is 0 Å². The van der Waals surface area contributed by atoms with Gasteiger partial charge in [0.1, 0.15) is 0 Å². The first kappa shape index (κ1) is 16.4. The fraction of sp³-hybridized carbons (Fsp3) is 0.200. The molecule has 0 aliphatic rings. The number of amides is 1. The number of aromatic nitrogens is 3. The first-order valence-electron chi connectivity index (χ1n) is 8.57. The maximum absolute atomic E-state index is 12.4. The highest BCUT2D eigenvalue weighted by Crippen LogP contribution is 2.31. The van der Waals surface area contributed by atoms with Crippen LogP contribution in [0.1, 0.15) is 18.6 Å². The summed E-state index contributed by atoms with van der Waals surface area (Å²) < 4.78 is 3.80. The molecule has 4 rings (SSSR count). The van der Waals surface area contributed by atoms with Crippen molar-refractivity contribution in [3.05, 3.63) is 60.4 Å². The maximum Gasteiger partial charge on any atom is 0.257 e. The van der Waals surface area contributed by atoms with E-state index in [0.29, 0.717) is 11.3 Å². The van der Waals surface area contributed by atoms with Crippen LogP contribution in [0.15, 0.2) is 54.9 Å². The summed E-state index contributed by atoms with van der Waals surface area (Å²) in [5, 5.41) is 19.2. The number of aliphatic hydroxyl groups excluding tert-OH is 1. The van der Waals surface area contributed by atoms with Gasteiger partial charge in [-0.1, -0.05) is 18.2 Å². The van der Waals surface area contributed by atoms with Crippen LogP contribution in [0.2, 0.25) is 0 Å². The van der Waals surface area contributed by atoms with Gasteiger partial charge in [0.15, 0.2) is 6.10 Å². The van der Waals surface area contributed by atoms with Crippen LogP contribution in [-0.4, -0.2) is 25.4 Å². The van der Waals surface area contributed by atoms with E-state index >= 15 is 0 Å². The molecule has 1 unspecified atom stereocenters. The molecule has 6 nitrogen and oxygen atoms in total. The Morgan fingerprint density at radius 2 is 1.96 bits per heavy atom. The van der Waals surface area contributed by atoms with Gasteiger partial charge in [0.2, 0.25) is 0 Å². The van der Waals surface area contributed by atoms with E-state index in [9.17, 15) is 9.90 Å². The van der Waals surface area contributed by atoms with E-state index in [0.717, 1.165) is 22.8 Å². The molecule has 2 heterocycles. The van der Waals surface area contributed by atoms with Crippen LogP contribution in [0, 0.1) is 0 Å². The number of nitrogens with zero attached hydrogens (tertiary/aromatic N) is 3. The van der Waals surface area contributed by atoms with E-state index in [2.05, 4.69) is 34.0 Å². The Morgan fingerprint density at radius 3 is 2.69 bits per heavy atom. The second kappa shape index (κ2) is 6.31. The number of rotatable bonds is 4. The monoisotopic (exact) mass is 348 g/mol. The minimum Gasteiger partial charge on any atom is -0.378 e. The molecule has 0 spiro atoms. The van der Waals surface area contributed by atoms with Gasteiger partial charge < -0.3 is 15.0 Å². The van der Waals surface area contributed by atoms with Crippen molar-refractivity contribution >= 4 is 33.4 Å². The number of aliphatic hydroxyl groups is 1. The molecule has 132 valence electrons. The lowest BCUT2D eigenvalue weighted by Gasteiger charge is -2.10. The molecule has 2 aromatic heterocycles. The van der Waals surface area contributed by atoms with Crippen LogP contribution in [0.5, 0.6) is 0 Å². The smallest absolute Gasteiger partial charge is 0.257 e. The lowest BCUT2D eigenvalue weighted by molar-refractivity contribution is -0.124. The largest absolute Gasteiger partial charge is 0.378 e. The van der Waals surface area contributed by atoms with Crippen LogP contribution >= 0.6 is 0 Å². The van der Waals surface area contributed by atoms with Crippen molar-refractivity contribution in [1.29, 1.82) is 0 Å². The number of aryl methyl sites for hydroxylation is 2. The zero-order valence-electron chi connectivity index (χ0n) is 14.7. The number of hydrogen-bond donors (Lipinski definition) is 2. The summed E-state index contributed by atoms with van der Waals surface area (Å²) in [5.74, 6) is -0.475. The first-order valence-corrected chi connectivity index (χ1v) is 8.57. The third-order valence-electron chi connectivity index (χ3n) is 4.65. The summed E-state index contributed by atoms with van der Waals surface area (Å²) >= 11 is 0. The van der Waals surface area contributed by atoms with E-state index in [4.69, 9.17) is 0 Å². The highest BCUT2D eigenvalue weighted by Gasteiger charge is 2.19. The van der Waals surface area contributed by atoms with Crippen molar-refractivity contribution in [2.24, 2.45) is 7.05 Å². The quantitative estimate of drug-likeness (QED) is 0.595. The van der Waals surface area contributed by atoms with Gasteiger partial charge in [-0.2, -0.15) is 5.10 Å². The van der Waals surface area contributed by atoms with Gasteiger partial charge in [0.25, 0.3) is 5.91 Å². The van der Waals surface area contributed by atoms with Crippen LogP contribution in [-0.2, 0) is 18.4 Å². The van der Waals surface area contributed by atoms with Crippen molar-refractivity contribution in [3.63, 3.8) is 0 Å². The number of anilines is 1. The summed E-state index contributed by atoms with van der Waals surface area (Å²) in [7, 11) is 1.74. The zero-order valence-corrected chi connectivity index (χ0v) is 14.7. The number of carbonyl (C=O) groups excluding carboxylic acids is 1. The molecule has 1 amide bonds. The normalized spacial score (nSPS) is 12.6. The summed E-state index contributed by atoms with van der Waals surface area (Å²) in [6.07, 6.45) is 1.86. The Kier molecular flexibility index (Phi) is 3.97. The predicted molar refractivity (Wildman–Crippen MR) is 102 cm³/mol. The Morgan fingerprint density at radius 1 is 1.19 bits per heavy atom. The number of hydrogen-bond acceptors (Lipinski definition) is 3. The first-order chi connectivity index (χ1) is 12.6. The molecule has 0 radical (unpaired) electrons. The van der Waals surface area contributed by atoms with Gasteiger partial charge in [-0.05, 0) is 31.2 Å². The van der Waals surface area contributed by atoms with Crippen molar-refractivity contribution in [2.45, 2.75) is 19.6 Å². The summed E-state index contributed by atoms with van der Waals surface area (Å²) in [6.45, 7) is 2.99. The molecular weight excluding hydrogens is 328 g/mol. The highest BCUT2D eigenvalue weighted by atomic mass is 16.3. The summed E-state index contributed by atoms with van der Waals surface area (Å²) in [6, 6.07) is 14.0. The Balaban J connectivity index is 1.69. The third kappa shape index (κ3) is 2.64. The maximum atomic E-state index is 12.4. The predicted octanol–water partition coefficient (Wildman–Crippen LogP) is 3.22. The number of benzene rings is 2. The van der Waals surface area contributed by atoms with Gasteiger partial charge in [-0.3, -0.25) is 9.48 Å².